The van der Waals surface area contributed by atoms with Crippen LogP contribution in [0, 0.1) is 0 Å². The Hall–Kier alpha value is -3.15. The van der Waals surface area contributed by atoms with E-state index in [1.54, 1.807) is 0 Å². The van der Waals surface area contributed by atoms with Crippen LogP contribution in [-0.2, 0) is 28.6 Å². The van der Waals surface area contributed by atoms with Crippen molar-refractivity contribution in [1.82, 2.24) is 0 Å². The summed E-state index contributed by atoms with van der Waals surface area (Å²) in [4.78, 5) is 38.0. The number of allylic oxidation sites excluding steroid dienone is 12. The number of carbonyl (C=O) groups is 3. The molecule has 0 aromatic rings. The minimum Gasteiger partial charge on any atom is -0.462 e. The molecule has 0 amide bonds. The molecule has 0 aliphatic heterocycles. The molecular weight excluding hydrogens is 805 g/mol. The van der Waals surface area contributed by atoms with Crippen molar-refractivity contribution in [2.75, 3.05) is 13.2 Å². The Bertz CT molecular complexity index is 1230. The Labute approximate surface area is 402 Å². The zero-order valence-electron chi connectivity index (χ0n) is 42.7. The van der Waals surface area contributed by atoms with Crippen LogP contribution in [0.25, 0.3) is 0 Å². The molecule has 0 aliphatic rings. The molecule has 0 heterocycles. The molecule has 0 fully saturated rings. The van der Waals surface area contributed by atoms with Gasteiger partial charge in [0.1, 0.15) is 13.2 Å². The predicted octanol–water partition coefficient (Wildman–Crippen LogP) is 18.2. The summed E-state index contributed by atoms with van der Waals surface area (Å²) >= 11 is 0. The third-order valence-electron chi connectivity index (χ3n) is 11.8. The highest BCUT2D eigenvalue weighted by molar-refractivity contribution is 5.71. The first kappa shape index (κ1) is 61.9. The van der Waals surface area contributed by atoms with Crippen LogP contribution in [0.3, 0.4) is 0 Å². The molecule has 65 heavy (non-hydrogen) atoms. The van der Waals surface area contributed by atoms with Crippen LogP contribution in [0.2, 0.25) is 0 Å². The van der Waals surface area contributed by atoms with Gasteiger partial charge in [-0.3, -0.25) is 14.4 Å². The van der Waals surface area contributed by atoms with Gasteiger partial charge in [-0.05, 0) is 64.2 Å². The second-order valence-corrected chi connectivity index (χ2v) is 18.2. The first-order valence-electron chi connectivity index (χ1n) is 27.5. The van der Waals surface area contributed by atoms with Gasteiger partial charge in [-0.2, -0.15) is 0 Å². The summed E-state index contributed by atoms with van der Waals surface area (Å²) in [6.07, 6.45) is 67.5. The molecular formula is C59H102O6. The maximum absolute atomic E-state index is 12.8. The molecule has 1 unspecified atom stereocenters. The molecule has 0 aromatic heterocycles. The largest absolute Gasteiger partial charge is 0.462 e. The Morgan fingerprint density at radius 1 is 0.323 bits per heavy atom. The lowest BCUT2D eigenvalue weighted by Crippen LogP contribution is -2.30. The van der Waals surface area contributed by atoms with Crippen LogP contribution in [0.5, 0.6) is 0 Å². The Morgan fingerprint density at radius 3 is 0.969 bits per heavy atom. The van der Waals surface area contributed by atoms with Crippen LogP contribution in [-0.4, -0.2) is 37.2 Å². The molecule has 0 saturated heterocycles. The monoisotopic (exact) mass is 907 g/mol. The number of hydrogen-bond acceptors (Lipinski definition) is 6. The van der Waals surface area contributed by atoms with E-state index in [2.05, 4.69) is 63.3 Å². The van der Waals surface area contributed by atoms with Crippen LogP contribution in [0.1, 0.15) is 265 Å². The van der Waals surface area contributed by atoms with E-state index < -0.39 is 6.10 Å². The number of rotatable bonds is 49. The highest BCUT2D eigenvalue weighted by Crippen LogP contribution is 2.16. The maximum Gasteiger partial charge on any atom is 0.306 e. The smallest absolute Gasteiger partial charge is 0.306 e. The fourth-order valence-corrected chi connectivity index (χ4v) is 7.68. The first-order chi connectivity index (χ1) is 32.0. The molecule has 0 aromatic carbocycles. The zero-order valence-corrected chi connectivity index (χ0v) is 42.7. The minimum absolute atomic E-state index is 0.0946. The quantitative estimate of drug-likeness (QED) is 0.0262. The normalized spacial score (nSPS) is 12.6. The van der Waals surface area contributed by atoms with Crippen molar-refractivity contribution in [3.63, 3.8) is 0 Å². The molecule has 0 bridgehead atoms. The second-order valence-electron chi connectivity index (χ2n) is 18.2. The predicted molar refractivity (Wildman–Crippen MR) is 279 cm³/mol. The molecule has 6 heteroatoms. The van der Waals surface area contributed by atoms with Crippen LogP contribution >= 0.6 is 0 Å². The molecule has 0 N–H and O–H groups in total. The first-order valence-corrected chi connectivity index (χ1v) is 27.5. The van der Waals surface area contributed by atoms with Crippen LogP contribution < -0.4 is 0 Å². The Balaban J connectivity index is 4.43. The third-order valence-corrected chi connectivity index (χ3v) is 11.8. The maximum atomic E-state index is 12.8. The number of carbonyl (C=O) groups excluding carboxylic acids is 3. The van der Waals surface area contributed by atoms with E-state index >= 15 is 0 Å². The number of ether oxygens (including phenoxy) is 3. The molecule has 0 saturated carbocycles. The van der Waals surface area contributed by atoms with Gasteiger partial charge in [0, 0.05) is 19.3 Å². The van der Waals surface area contributed by atoms with E-state index in [0.29, 0.717) is 19.3 Å². The van der Waals surface area contributed by atoms with Crippen molar-refractivity contribution < 1.29 is 28.6 Å². The van der Waals surface area contributed by atoms with E-state index in [-0.39, 0.29) is 31.1 Å². The van der Waals surface area contributed by atoms with Gasteiger partial charge in [0.25, 0.3) is 0 Å². The van der Waals surface area contributed by atoms with E-state index in [1.807, 2.05) is 30.4 Å². The van der Waals surface area contributed by atoms with E-state index in [4.69, 9.17) is 14.2 Å². The van der Waals surface area contributed by atoms with E-state index in [0.717, 1.165) is 89.9 Å². The zero-order chi connectivity index (χ0) is 47.2. The fourth-order valence-electron chi connectivity index (χ4n) is 7.68. The molecule has 0 rings (SSSR count). The van der Waals surface area contributed by atoms with Gasteiger partial charge in [0.15, 0.2) is 6.10 Å². The molecule has 0 radical (unpaired) electrons. The molecule has 6 nitrogen and oxygen atoms in total. The van der Waals surface area contributed by atoms with Crippen molar-refractivity contribution in [2.45, 2.75) is 271 Å². The van der Waals surface area contributed by atoms with Crippen molar-refractivity contribution in [3.8, 4) is 0 Å². The van der Waals surface area contributed by atoms with Gasteiger partial charge < -0.3 is 14.2 Å². The van der Waals surface area contributed by atoms with E-state index in [9.17, 15) is 14.4 Å². The summed E-state index contributed by atoms with van der Waals surface area (Å²) in [7, 11) is 0. The number of unbranched alkanes of at least 4 members (excludes halogenated alkanes) is 30. The number of esters is 3. The molecule has 0 aliphatic carbocycles. The van der Waals surface area contributed by atoms with Crippen molar-refractivity contribution in [1.29, 1.82) is 0 Å². The molecule has 374 valence electrons. The average Bonchev–Trinajstić information content (AvgIpc) is 3.30. The van der Waals surface area contributed by atoms with Crippen LogP contribution in [0.4, 0.5) is 0 Å². The summed E-state index contributed by atoms with van der Waals surface area (Å²) in [6.45, 7) is 6.46. The highest BCUT2D eigenvalue weighted by atomic mass is 16.6. The summed E-state index contributed by atoms with van der Waals surface area (Å²) in [5, 5.41) is 0. The molecule has 0 spiro atoms. The fraction of sp³-hybridized carbons (Fsp3) is 0.746. The lowest BCUT2D eigenvalue weighted by molar-refractivity contribution is -0.167. The van der Waals surface area contributed by atoms with Gasteiger partial charge >= 0.3 is 17.9 Å². The lowest BCUT2D eigenvalue weighted by atomic mass is 10.0. The van der Waals surface area contributed by atoms with Crippen molar-refractivity contribution in [2.24, 2.45) is 0 Å². The minimum atomic E-state index is -0.796. The standard InChI is InChI=1S/C59H102O6/c1-4-7-10-13-16-19-22-25-27-29-30-32-34-37-40-43-46-49-52-58(61)64-55-56(54-63-57(60)51-48-45-42-39-36-33-24-21-18-15-12-9-6-3)65-59(62)53-50-47-44-41-38-35-31-28-26-23-20-17-14-11-8-5-2/h9,12,15,18,21,24,27,29-30,32-33,36,56H,4-8,10-11,13-14,16-17,19-20,22-23,25-26,28,31,34-35,37-55H2,1-3H3/b12-9-,18-15-,24-21-,29-27-,32-30-,36-33-. The van der Waals surface area contributed by atoms with Crippen molar-refractivity contribution in [3.05, 3.63) is 72.9 Å². The topological polar surface area (TPSA) is 78.9 Å². The summed E-state index contributed by atoms with van der Waals surface area (Å²) in [5.74, 6) is -0.941. The van der Waals surface area contributed by atoms with Gasteiger partial charge in [0.2, 0.25) is 0 Å². The van der Waals surface area contributed by atoms with Crippen molar-refractivity contribution >= 4 is 17.9 Å². The number of hydrogen-bond donors (Lipinski definition) is 0. The van der Waals surface area contributed by atoms with Gasteiger partial charge in [0.05, 0.1) is 0 Å². The Kier molecular flexibility index (Phi) is 50.9. The summed E-state index contributed by atoms with van der Waals surface area (Å²) in [6, 6.07) is 0. The second kappa shape index (κ2) is 53.5. The van der Waals surface area contributed by atoms with Gasteiger partial charge in [-0.15, -0.1) is 0 Å². The Morgan fingerprint density at radius 2 is 0.600 bits per heavy atom. The average molecular weight is 907 g/mol. The third kappa shape index (κ3) is 51.7. The highest BCUT2D eigenvalue weighted by Gasteiger charge is 2.19. The van der Waals surface area contributed by atoms with Gasteiger partial charge in [-0.25, -0.2) is 0 Å². The van der Waals surface area contributed by atoms with Gasteiger partial charge in [-0.1, -0.05) is 254 Å². The SMILES string of the molecule is CC\C=C/C=C\C=C/C=C\CCCCCC(=O)OCC(COC(=O)CCCCCCC/C=C\C=C/CCCCCCCCC)OC(=O)CCCCCCCCCCCCCCCCCC. The van der Waals surface area contributed by atoms with Crippen LogP contribution in [0.15, 0.2) is 72.9 Å². The lowest BCUT2D eigenvalue weighted by Gasteiger charge is -2.18. The summed E-state index contributed by atoms with van der Waals surface area (Å²) < 4.78 is 16.8. The molecule has 1 atom stereocenters. The van der Waals surface area contributed by atoms with E-state index in [1.165, 1.54) is 135 Å². The summed E-state index contributed by atoms with van der Waals surface area (Å²) in [5.41, 5.74) is 0.